The predicted molar refractivity (Wildman–Crippen MR) is 76.1 cm³/mol. The van der Waals surface area contributed by atoms with Crippen LogP contribution in [0.3, 0.4) is 0 Å². The number of nitrogen functional groups attached to an aromatic ring is 1. The quantitative estimate of drug-likeness (QED) is 0.795. The van der Waals surface area contributed by atoms with Crippen LogP contribution in [-0.2, 0) is 0 Å². The number of rotatable bonds is 4. The second-order valence-electron chi connectivity index (χ2n) is 4.55. The molecule has 2 aromatic rings. The molecule has 2 rings (SSSR count). The van der Waals surface area contributed by atoms with Gasteiger partial charge in [-0.15, -0.1) is 0 Å². The van der Waals surface area contributed by atoms with E-state index >= 15 is 0 Å². The number of benzene rings is 2. The summed E-state index contributed by atoms with van der Waals surface area (Å²) in [4.78, 5) is 0. The zero-order chi connectivity index (χ0) is 13.0. The van der Waals surface area contributed by atoms with Crippen LogP contribution in [0.15, 0.2) is 48.5 Å². The molecule has 2 N–H and O–H groups in total. The Bertz CT molecular complexity index is 488. The van der Waals surface area contributed by atoms with Gasteiger partial charge < -0.3 is 10.5 Å². The third kappa shape index (κ3) is 3.04. The lowest BCUT2D eigenvalue weighted by atomic mass is 9.99. The van der Waals surface area contributed by atoms with Crippen molar-refractivity contribution in [1.82, 2.24) is 0 Å². The maximum absolute atomic E-state index is 5.75. The van der Waals surface area contributed by atoms with Gasteiger partial charge in [0.25, 0.3) is 0 Å². The van der Waals surface area contributed by atoms with Crippen LogP contribution in [0.2, 0.25) is 0 Å². The summed E-state index contributed by atoms with van der Waals surface area (Å²) in [6.45, 7) is 4.43. The normalized spacial score (nSPS) is 12.1. The van der Waals surface area contributed by atoms with Gasteiger partial charge in [-0.3, -0.25) is 0 Å². The zero-order valence-corrected chi connectivity index (χ0v) is 10.9. The SMILES string of the molecule is CCC(C)c1ccc(Oc2ccc(N)cc2)cc1. The van der Waals surface area contributed by atoms with Gasteiger partial charge in [-0.25, -0.2) is 0 Å². The second kappa shape index (κ2) is 5.58. The van der Waals surface area contributed by atoms with Crippen LogP contribution in [0.4, 0.5) is 5.69 Å². The summed E-state index contributed by atoms with van der Waals surface area (Å²) < 4.78 is 5.75. The minimum absolute atomic E-state index is 0.593. The van der Waals surface area contributed by atoms with E-state index in [0.29, 0.717) is 5.92 Å². The highest BCUT2D eigenvalue weighted by Gasteiger charge is 2.03. The van der Waals surface area contributed by atoms with Crippen molar-refractivity contribution in [2.45, 2.75) is 26.2 Å². The molecule has 18 heavy (non-hydrogen) atoms. The molecule has 0 saturated carbocycles. The Morgan fingerprint density at radius 1 is 0.944 bits per heavy atom. The van der Waals surface area contributed by atoms with Gasteiger partial charge in [0, 0.05) is 5.69 Å². The number of anilines is 1. The van der Waals surface area contributed by atoms with E-state index in [-0.39, 0.29) is 0 Å². The van der Waals surface area contributed by atoms with E-state index in [9.17, 15) is 0 Å². The summed E-state index contributed by atoms with van der Waals surface area (Å²) in [7, 11) is 0. The van der Waals surface area contributed by atoms with Crippen molar-refractivity contribution in [3.05, 3.63) is 54.1 Å². The number of hydrogen-bond acceptors (Lipinski definition) is 2. The Kier molecular flexibility index (Phi) is 3.88. The predicted octanol–water partition coefficient (Wildman–Crippen LogP) is 4.57. The Balaban J connectivity index is 2.08. The Morgan fingerprint density at radius 2 is 1.44 bits per heavy atom. The summed E-state index contributed by atoms with van der Waals surface area (Å²) >= 11 is 0. The minimum Gasteiger partial charge on any atom is -0.457 e. The molecule has 0 amide bonds. The van der Waals surface area contributed by atoms with Crippen LogP contribution in [0.1, 0.15) is 31.7 Å². The smallest absolute Gasteiger partial charge is 0.127 e. The van der Waals surface area contributed by atoms with Gasteiger partial charge in [-0.1, -0.05) is 26.0 Å². The average Bonchev–Trinajstić information content (AvgIpc) is 2.41. The third-order valence-electron chi connectivity index (χ3n) is 3.18. The molecule has 0 aliphatic rings. The maximum Gasteiger partial charge on any atom is 0.127 e. The molecule has 2 heteroatoms. The molecule has 2 nitrogen and oxygen atoms in total. The van der Waals surface area contributed by atoms with Gasteiger partial charge in [0.2, 0.25) is 0 Å². The topological polar surface area (TPSA) is 35.2 Å². The number of hydrogen-bond donors (Lipinski definition) is 1. The van der Waals surface area contributed by atoms with Crippen LogP contribution in [0, 0.1) is 0 Å². The highest BCUT2D eigenvalue weighted by molar-refractivity contribution is 5.43. The first kappa shape index (κ1) is 12.5. The number of nitrogens with two attached hydrogens (primary N) is 1. The molecule has 0 aromatic heterocycles. The molecule has 1 unspecified atom stereocenters. The van der Waals surface area contributed by atoms with Gasteiger partial charge in [-0.05, 0) is 54.3 Å². The Hall–Kier alpha value is -1.96. The summed E-state index contributed by atoms with van der Waals surface area (Å²) in [6.07, 6.45) is 1.15. The van der Waals surface area contributed by atoms with Crippen molar-refractivity contribution >= 4 is 5.69 Å². The largest absolute Gasteiger partial charge is 0.457 e. The van der Waals surface area contributed by atoms with Gasteiger partial charge in [0.05, 0.1) is 0 Å². The fourth-order valence-electron chi connectivity index (χ4n) is 1.77. The fourth-order valence-corrected chi connectivity index (χ4v) is 1.77. The van der Waals surface area contributed by atoms with Gasteiger partial charge >= 0.3 is 0 Å². The van der Waals surface area contributed by atoms with Crippen molar-refractivity contribution in [1.29, 1.82) is 0 Å². The van der Waals surface area contributed by atoms with Crippen molar-refractivity contribution in [3.8, 4) is 11.5 Å². The molecule has 2 aromatic carbocycles. The lowest BCUT2D eigenvalue weighted by Crippen LogP contribution is -1.91. The second-order valence-corrected chi connectivity index (χ2v) is 4.55. The van der Waals surface area contributed by atoms with Crippen molar-refractivity contribution in [2.75, 3.05) is 5.73 Å². The van der Waals surface area contributed by atoms with E-state index < -0.39 is 0 Å². The Morgan fingerprint density at radius 3 is 1.94 bits per heavy atom. The molecular formula is C16H19NO. The van der Waals surface area contributed by atoms with Crippen LogP contribution in [0.5, 0.6) is 11.5 Å². The molecule has 1 atom stereocenters. The fraction of sp³-hybridized carbons (Fsp3) is 0.250. The summed E-state index contributed by atoms with van der Waals surface area (Å²) in [5.41, 5.74) is 7.73. The van der Waals surface area contributed by atoms with E-state index in [1.807, 2.05) is 36.4 Å². The highest BCUT2D eigenvalue weighted by Crippen LogP contribution is 2.25. The van der Waals surface area contributed by atoms with Crippen molar-refractivity contribution < 1.29 is 4.74 Å². The molecule has 0 radical (unpaired) electrons. The molecule has 0 saturated heterocycles. The van der Waals surface area contributed by atoms with E-state index in [2.05, 4.69) is 26.0 Å². The molecule has 0 bridgehead atoms. The van der Waals surface area contributed by atoms with E-state index in [1.54, 1.807) is 0 Å². The number of ether oxygens (including phenoxy) is 1. The van der Waals surface area contributed by atoms with E-state index in [1.165, 1.54) is 5.56 Å². The summed E-state index contributed by atoms with van der Waals surface area (Å²) in [5, 5.41) is 0. The standard InChI is InChI=1S/C16H19NO/c1-3-12(2)13-4-8-15(9-5-13)18-16-10-6-14(17)7-11-16/h4-12H,3,17H2,1-2H3. The van der Waals surface area contributed by atoms with E-state index in [4.69, 9.17) is 10.5 Å². The summed E-state index contributed by atoms with van der Waals surface area (Å²) in [5.74, 6) is 2.25. The van der Waals surface area contributed by atoms with Crippen LogP contribution < -0.4 is 10.5 Å². The van der Waals surface area contributed by atoms with Crippen molar-refractivity contribution in [3.63, 3.8) is 0 Å². The molecule has 0 fully saturated rings. The van der Waals surface area contributed by atoms with Gasteiger partial charge in [0.1, 0.15) is 11.5 Å². The first-order chi connectivity index (χ1) is 8.69. The molecule has 0 aliphatic heterocycles. The lowest BCUT2D eigenvalue weighted by Gasteiger charge is -2.10. The van der Waals surface area contributed by atoms with Crippen LogP contribution >= 0.6 is 0 Å². The highest BCUT2D eigenvalue weighted by atomic mass is 16.5. The summed E-state index contributed by atoms with van der Waals surface area (Å²) in [6, 6.07) is 15.7. The Labute approximate surface area is 108 Å². The molecular weight excluding hydrogens is 222 g/mol. The molecule has 0 heterocycles. The molecule has 0 aliphatic carbocycles. The first-order valence-electron chi connectivity index (χ1n) is 6.32. The van der Waals surface area contributed by atoms with E-state index in [0.717, 1.165) is 23.6 Å². The molecule has 0 spiro atoms. The van der Waals surface area contributed by atoms with Crippen molar-refractivity contribution in [2.24, 2.45) is 0 Å². The van der Waals surface area contributed by atoms with Gasteiger partial charge in [-0.2, -0.15) is 0 Å². The molecule has 94 valence electrons. The maximum atomic E-state index is 5.75. The van der Waals surface area contributed by atoms with Crippen LogP contribution in [0.25, 0.3) is 0 Å². The van der Waals surface area contributed by atoms with Gasteiger partial charge in [0.15, 0.2) is 0 Å². The monoisotopic (exact) mass is 241 g/mol. The third-order valence-corrected chi connectivity index (χ3v) is 3.18. The average molecular weight is 241 g/mol. The first-order valence-corrected chi connectivity index (χ1v) is 6.32. The van der Waals surface area contributed by atoms with Crippen LogP contribution in [-0.4, -0.2) is 0 Å². The minimum atomic E-state index is 0.593. The zero-order valence-electron chi connectivity index (χ0n) is 10.9. The lowest BCUT2D eigenvalue weighted by molar-refractivity contribution is 0.482.